The molecule has 7 nitrogen and oxygen atoms in total. The number of nitrogens with one attached hydrogen (secondary N) is 1. The smallest absolute Gasteiger partial charge is 0.242 e. The number of aryl methyl sites for hydroxylation is 1. The van der Waals surface area contributed by atoms with Gasteiger partial charge < -0.3 is 10.2 Å². The average molecular weight is 243 g/mol. The van der Waals surface area contributed by atoms with Crippen LogP contribution in [0.3, 0.4) is 0 Å². The Morgan fingerprint density at radius 3 is 2.94 bits per heavy atom. The van der Waals surface area contributed by atoms with E-state index in [4.69, 9.17) is 10.2 Å². The van der Waals surface area contributed by atoms with E-state index in [0.29, 0.717) is 11.0 Å². The highest BCUT2D eigenvalue weighted by molar-refractivity contribution is 5.84. The Kier molecular flexibility index (Phi) is 2.12. The molecule has 2 aromatic heterocycles. The molecule has 0 unspecified atom stereocenters. The maximum absolute atomic E-state index is 12.1. The second-order valence-electron chi connectivity index (χ2n) is 3.91. The first-order valence-corrected chi connectivity index (χ1v) is 5.23. The minimum absolute atomic E-state index is 0.0190. The van der Waals surface area contributed by atoms with Crippen LogP contribution in [0.4, 0.5) is 5.69 Å². The van der Waals surface area contributed by atoms with Crippen LogP contribution in [0.2, 0.25) is 0 Å². The largest absolute Gasteiger partial charge is 0.450 e. The molecule has 3 rings (SSSR count). The van der Waals surface area contributed by atoms with Crippen molar-refractivity contribution in [3.8, 4) is 11.6 Å². The number of nitrogen functional groups attached to an aromatic ring is 1. The molecule has 0 fully saturated rings. The molecule has 0 saturated heterocycles. The topological polar surface area (TPSA) is 111 Å². The molecule has 1 aromatic carbocycles. The zero-order valence-electron chi connectivity index (χ0n) is 9.47. The van der Waals surface area contributed by atoms with Gasteiger partial charge in [0.15, 0.2) is 0 Å². The Balaban J connectivity index is 2.40. The molecule has 0 atom stereocenters. The van der Waals surface area contributed by atoms with Crippen LogP contribution in [0.5, 0.6) is 0 Å². The number of rotatable bonds is 1. The normalized spacial score (nSPS) is 10.9. The number of anilines is 1. The molecule has 90 valence electrons. The lowest BCUT2D eigenvalue weighted by molar-refractivity contribution is 0.615. The minimum Gasteiger partial charge on any atom is -0.450 e. The third-order valence-corrected chi connectivity index (χ3v) is 2.63. The van der Waals surface area contributed by atoms with Crippen LogP contribution >= 0.6 is 0 Å². The SMILES string of the molecule is Cc1ccc2oc(-c3nn[nH]n3)c(N)c(=O)c2c1. The van der Waals surface area contributed by atoms with E-state index in [-0.39, 0.29) is 22.7 Å². The van der Waals surface area contributed by atoms with E-state index in [1.807, 2.05) is 13.0 Å². The number of benzene rings is 1. The zero-order chi connectivity index (χ0) is 12.7. The van der Waals surface area contributed by atoms with Crippen molar-refractivity contribution in [2.45, 2.75) is 6.92 Å². The van der Waals surface area contributed by atoms with E-state index in [9.17, 15) is 4.79 Å². The zero-order valence-corrected chi connectivity index (χ0v) is 9.47. The number of nitrogens with two attached hydrogens (primary N) is 1. The second kappa shape index (κ2) is 3.66. The highest BCUT2D eigenvalue weighted by Gasteiger charge is 2.16. The number of hydrogen-bond donors (Lipinski definition) is 2. The molecule has 0 aliphatic carbocycles. The molecule has 18 heavy (non-hydrogen) atoms. The van der Waals surface area contributed by atoms with Crippen molar-refractivity contribution in [1.82, 2.24) is 20.6 Å². The van der Waals surface area contributed by atoms with Gasteiger partial charge in [-0.15, -0.1) is 10.2 Å². The molecule has 2 heterocycles. The first-order chi connectivity index (χ1) is 8.66. The van der Waals surface area contributed by atoms with Crippen LogP contribution in [0.15, 0.2) is 27.4 Å². The molecule has 0 aliphatic rings. The first kappa shape index (κ1) is 10.5. The fraction of sp³-hybridized carbons (Fsp3) is 0.0909. The maximum atomic E-state index is 12.1. The van der Waals surface area contributed by atoms with Crippen molar-refractivity contribution in [3.05, 3.63) is 34.0 Å². The number of fused-ring (bicyclic) bond motifs is 1. The fourth-order valence-electron chi connectivity index (χ4n) is 1.75. The van der Waals surface area contributed by atoms with E-state index in [1.165, 1.54) is 0 Å². The average Bonchev–Trinajstić information content (AvgIpc) is 2.88. The molecule has 7 heteroatoms. The van der Waals surface area contributed by atoms with Crippen LogP contribution < -0.4 is 11.2 Å². The Morgan fingerprint density at radius 2 is 2.22 bits per heavy atom. The summed E-state index contributed by atoms with van der Waals surface area (Å²) in [6.07, 6.45) is 0. The van der Waals surface area contributed by atoms with Gasteiger partial charge in [0, 0.05) is 0 Å². The summed E-state index contributed by atoms with van der Waals surface area (Å²) in [5.41, 5.74) is 6.85. The van der Waals surface area contributed by atoms with Gasteiger partial charge >= 0.3 is 0 Å². The molecule has 0 aliphatic heterocycles. The number of aromatic amines is 1. The van der Waals surface area contributed by atoms with Gasteiger partial charge in [-0.25, -0.2) is 0 Å². The summed E-state index contributed by atoms with van der Waals surface area (Å²) in [5, 5.41) is 13.6. The van der Waals surface area contributed by atoms with E-state index in [0.717, 1.165) is 5.56 Å². The van der Waals surface area contributed by atoms with E-state index >= 15 is 0 Å². The van der Waals surface area contributed by atoms with Crippen molar-refractivity contribution in [1.29, 1.82) is 0 Å². The van der Waals surface area contributed by atoms with Gasteiger partial charge in [0.25, 0.3) is 0 Å². The molecular weight excluding hydrogens is 234 g/mol. The standard InChI is InChI=1S/C11H9N5O2/c1-5-2-3-7-6(4-5)9(17)8(12)10(18-7)11-13-15-16-14-11/h2-4H,12H2,1H3,(H,13,14,15,16). The van der Waals surface area contributed by atoms with E-state index in [2.05, 4.69) is 20.6 Å². The number of nitrogens with zero attached hydrogens (tertiary/aromatic N) is 3. The highest BCUT2D eigenvalue weighted by Crippen LogP contribution is 2.24. The summed E-state index contributed by atoms with van der Waals surface area (Å²) in [4.78, 5) is 12.1. The van der Waals surface area contributed by atoms with Crippen LogP contribution in [0, 0.1) is 6.92 Å². The molecule has 3 aromatic rings. The van der Waals surface area contributed by atoms with Crippen molar-refractivity contribution < 1.29 is 4.42 Å². The molecule has 0 bridgehead atoms. The van der Waals surface area contributed by atoms with Crippen LogP contribution in [-0.4, -0.2) is 20.6 Å². The molecule has 0 amide bonds. The third-order valence-electron chi connectivity index (χ3n) is 2.63. The highest BCUT2D eigenvalue weighted by atomic mass is 16.3. The number of hydrogen-bond acceptors (Lipinski definition) is 6. The summed E-state index contributed by atoms with van der Waals surface area (Å²) < 4.78 is 5.56. The van der Waals surface area contributed by atoms with E-state index in [1.54, 1.807) is 12.1 Å². The van der Waals surface area contributed by atoms with Crippen molar-refractivity contribution in [3.63, 3.8) is 0 Å². The molecule has 0 radical (unpaired) electrons. The minimum atomic E-state index is -0.292. The van der Waals surface area contributed by atoms with Crippen molar-refractivity contribution >= 4 is 16.7 Å². The predicted molar refractivity (Wildman–Crippen MR) is 64.8 cm³/mol. The Bertz CT molecular complexity index is 776. The lowest BCUT2D eigenvalue weighted by Crippen LogP contribution is -2.10. The number of tetrazole rings is 1. The molecular formula is C11H9N5O2. The molecule has 0 saturated carbocycles. The second-order valence-corrected chi connectivity index (χ2v) is 3.91. The fourth-order valence-corrected chi connectivity index (χ4v) is 1.75. The summed E-state index contributed by atoms with van der Waals surface area (Å²) in [5.74, 6) is 0.289. The van der Waals surface area contributed by atoms with Gasteiger partial charge in [-0.1, -0.05) is 11.6 Å². The van der Waals surface area contributed by atoms with Gasteiger partial charge in [-0.05, 0) is 24.3 Å². The summed E-state index contributed by atoms with van der Waals surface area (Å²) in [6.45, 7) is 1.89. The lowest BCUT2D eigenvalue weighted by atomic mass is 10.1. The number of aromatic nitrogens is 4. The van der Waals surface area contributed by atoms with E-state index < -0.39 is 0 Å². The Labute approximate surface area is 101 Å². The van der Waals surface area contributed by atoms with Crippen LogP contribution in [0.1, 0.15) is 5.56 Å². The van der Waals surface area contributed by atoms with Crippen LogP contribution in [0.25, 0.3) is 22.6 Å². The first-order valence-electron chi connectivity index (χ1n) is 5.23. The van der Waals surface area contributed by atoms with Gasteiger partial charge in [-0.2, -0.15) is 5.21 Å². The monoisotopic (exact) mass is 243 g/mol. The van der Waals surface area contributed by atoms with Gasteiger partial charge in [0.2, 0.25) is 17.0 Å². The maximum Gasteiger partial charge on any atom is 0.242 e. The third kappa shape index (κ3) is 1.45. The summed E-state index contributed by atoms with van der Waals surface area (Å²) in [6, 6.07) is 5.30. The van der Waals surface area contributed by atoms with Gasteiger partial charge in [0.05, 0.1) is 5.39 Å². The van der Waals surface area contributed by atoms with Crippen molar-refractivity contribution in [2.24, 2.45) is 0 Å². The Hall–Kier alpha value is -2.70. The predicted octanol–water partition coefficient (Wildman–Crippen LogP) is 0.864. The van der Waals surface area contributed by atoms with Crippen molar-refractivity contribution in [2.75, 3.05) is 5.73 Å². The van der Waals surface area contributed by atoms with Gasteiger partial charge in [-0.3, -0.25) is 4.79 Å². The molecule has 0 spiro atoms. The summed E-state index contributed by atoms with van der Waals surface area (Å²) >= 11 is 0. The quantitative estimate of drug-likeness (QED) is 0.655. The van der Waals surface area contributed by atoms with Crippen LogP contribution in [-0.2, 0) is 0 Å². The summed E-state index contributed by atoms with van der Waals surface area (Å²) in [7, 11) is 0. The van der Waals surface area contributed by atoms with Gasteiger partial charge in [0.1, 0.15) is 11.3 Å². The number of H-pyrrole nitrogens is 1. The Morgan fingerprint density at radius 1 is 1.39 bits per heavy atom. The lowest BCUT2D eigenvalue weighted by Gasteiger charge is -2.03. The molecule has 3 N–H and O–H groups in total.